The smallest absolute Gasteiger partial charge is 0.0589 e. The van der Waals surface area contributed by atoms with Crippen molar-refractivity contribution in [3.05, 3.63) is 0 Å². The van der Waals surface area contributed by atoms with E-state index in [0.717, 1.165) is 31.5 Å². The van der Waals surface area contributed by atoms with E-state index in [0.29, 0.717) is 11.6 Å². The number of ether oxygens (including phenoxy) is 1. The summed E-state index contributed by atoms with van der Waals surface area (Å²) >= 11 is 0. The average Bonchev–Trinajstić information content (AvgIpc) is 3.13. The van der Waals surface area contributed by atoms with E-state index in [-0.39, 0.29) is 0 Å². The molecule has 0 radical (unpaired) electrons. The molecule has 2 aliphatic rings. The zero-order valence-corrected chi connectivity index (χ0v) is 12.5. The summed E-state index contributed by atoms with van der Waals surface area (Å²) in [7, 11) is 1.81. The number of rotatable bonds is 6. The van der Waals surface area contributed by atoms with Crippen molar-refractivity contribution in [2.45, 2.75) is 51.6 Å². The summed E-state index contributed by atoms with van der Waals surface area (Å²) in [6, 6.07) is 0.687. The summed E-state index contributed by atoms with van der Waals surface area (Å²) in [4.78, 5) is 2.66. The maximum atomic E-state index is 5.28. The molecule has 1 N–H and O–H groups in total. The second kappa shape index (κ2) is 5.89. The Morgan fingerprint density at radius 1 is 1.39 bits per heavy atom. The lowest BCUT2D eigenvalue weighted by Gasteiger charge is -2.47. The van der Waals surface area contributed by atoms with Crippen LogP contribution in [0.1, 0.15) is 40.0 Å². The number of methoxy groups -OCH3 is 1. The molecular formula is C15H30N2O. The molecule has 106 valence electrons. The van der Waals surface area contributed by atoms with Crippen molar-refractivity contribution in [3.8, 4) is 0 Å². The number of piperazine rings is 1. The van der Waals surface area contributed by atoms with Gasteiger partial charge in [0.05, 0.1) is 6.61 Å². The van der Waals surface area contributed by atoms with Gasteiger partial charge in [0.25, 0.3) is 0 Å². The molecule has 2 rings (SSSR count). The van der Waals surface area contributed by atoms with Gasteiger partial charge in [-0.25, -0.2) is 0 Å². The van der Waals surface area contributed by atoms with Gasteiger partial charge in [-0.05, 0) is 38.0 Å². The lowest BCUT2D eigenvalue weighted by atomic mass is 9.89. The van der Waals surface area contributed by atoms with Crippen molar-refractivity contribution in [2.24, 2.45) is 11.8 Å². The molecule has 2 unspecified atom stereocenters. The molecular weight excluding hydrogens is 224 g/mol. The van der Waals surface area contributed by atoms with Gasteiger partial charge in [0, 0.05) is 38.3 Å². The third-order valence-electron chi connectivity index (χ3n) is 4.59. The molecule has 1 heterocycles. The first kappa shape index (κ1) is 14.3. The van der Waals surface area contributed by atoms with Crippen LogP contribution in [0.2, 0.25) is 0 Å². The van der Waals surface area contributed by atoms with Crippen LogP contribution in [-0.2, 0) is 4.74 Å². The highest BCUT2D eigenvalue weighted by molar-refractivity contribution is 5.04. The minimum absolute atomic E-state index is 0.348. The maximum Gasteiger partial charge on any atom is 0.0589 e. The monoisotopic (exact) mass is 254 g/mol. The third-order valence-corrected chi connectivity index (χ3v) is 4.59. The molecule has 3 heteroatoms. The van der Waals surface area contributed by atoms with Gasteiger partial charge in [0.15, 0.2) is 0 Å². The molecule has 1 aliphatic heterocycles. The Hall–Kier alpha value is -0.120. The zero-order valence-electron chi connectivity index (χ0n) is 12.5. The highest BCUT2D eigenvalue weighted by Crippen LogP contribution is 2.41. The second-order valence-electron chi connectivity index (χ2n) is 6.82. The Kier molecular flexibility index (Phi) is 4.68. The van der Waals surface area contributed by atoms with Crippen LogP contribution in [0.25, 0.3) is 0 Å². The summed E-state index contributed by atoms with van der Waals surface area (Å²) in [5, 5.41) is 3.84. The highest BCUT2D eigenvalue weighted by Gasteiger charge is 2.45. The van der Waals surface area contributed by atoms with Gasteiger partial charge in [-0.2, -0.15) is 0 Å². The molecule has 1 saturated carbocycles. The second-order valence-corrected chi connectivity index (χ2v) is 6.82. The van der Waals surface area contributed by atoms with Gasteiger partial charge >= 0.3 is 0 Å². The lowest BCUT2D eigenvalue weighted by Crippen LogP contribution is -2.64. The SMILES string of the molecule is COCCN1CC(C)(C2CC2)NCC1CC(C)C. The van der Waals surface area contributed by atoms with Crippen LogP contribution in [0.5, 0.6) is 0 Å². The maximum absolute atomic E-state index is 5.28. The molecule has 0 bridgehead atoms. The number of nitrogens with zero attached hydrogens (tertiary/aromatic N) is 1. The predicted molar refractivity (Wildman–Crippen MR) is 75.8 cm³/mol. The van der Waals surface area contributed by atoms with Crippen molar-refractivity contribution < 1.29 is 4.74 Å². The molecule has 2 atom stereocenters. The van der Waals surface area contributed by atoms with Gasteiger partial charge in [0.2, 0.25) is 0 Å². The van der Waals surface area contributed by atoms with E-state index in [1.807, 2.05) is 0 Å². The fourth-order valence-corrected chi connectivity index (χ4v) is 3.33. The van der Waals surface area contributed by atoms with E-state index in [2.05, 4.69) is 31.0 Å². The first-order valence-electron chi connectivity index (χ1n) is 7.53. The summed E-state index contributed by atoms with van der Waals surface area (Å²) in [5.74, 6) is 1.68. The van der Waals surface area contributed by atoms with Crippen LogP contribution < -0.4 is 5.32 Å². The van der Waals surface area contributed by atoms with Crippen molar-refractivity contribution in [1.82, 2.24) is 10.2 Å². The standard InChI is InChI=1S/C15H30N2O/c1-12(2)9-14-10-16-15(3,13-5-6-13)11-17(14)7-8-18-4/h12-14,16H,5-11H2,1-4H3. The molecule has 2 fully saturated rings. The van der Waals surface area contributed by atoms with Crippen LogP contribution in [0, 0.1) is 11.8 Å². The fraction of sp³-hybridized carbons (Fsp3) is 1.00. The lowest BCUT2D eigenvalue weighted by molar-refractivity contribution is 0.0422. The molecule has 3 nitrogen and oxygen atoms in total. The first-order chi connectivity index (χ1) is 8.55. The Morgan fingerprint density at radius 2 is 2.11 bits per heavy atom. The van der Waals surface area contributed by atoms with E-state index >= 15 is 0 Å². The van der Waals surface area contributed by atoms with E-state index in [4.69, 9.17) is 4.74 Å². The molecule has 0 amide bonds. The van der Waals surface area contributed by atoms with E-state index < -0.39 is 0 Å². The minimum Gasteiger partial charge on any atom is -0.383 e. The van der Waals surface area contributed by atoms with E-state index in [9.17, 15) is 0 Å². The molecule has 18 heavy (non-hydrogen) atoms. The Bertz CT molecular complexity index is 265. The summed E-state index contributed by atoms with van der Waals surface area (Å²) in [6.07, 6.45) is 4.12. The minimum atomic E-state index is 0.348. The van der Waals surface area contributed by atoms with Crippen LogP contribution >= 0.6 is 0 Å². The van der Waals surface area contributed by atoms with Crippen LogP contribution in [0.15, 0.2) is 0 Å². The average molecular weight is 254 g/mol. The van der Waals surface area contributed by atoms with Gasteiger partial charge in [-0.1, -0.05) is 13.8 Å². The topological polar surface area (TPSA) is 24.5 Å². The van der Waals surface area contributed by atoms with E-state index in [1.165, 1.54) is 25.8 Å². The van der Waals surface area contributed by atoms with Gasteiger partial charge < -0.3 is 10.1 Å². The van der Waals surface area contributed by atoms with Crippen molar-refractivity contribution in [1.29, 1.82) is 0 Å². The van der Waals surface area contributed by atoms with E-state index in [1.54, 1.807) is 7.11 Å². The van der Waals surface area contributed by atoms with Crippen LogP contribution in [0.4, 0.5) is 0 Å². The van der Waals surface area contributed by atoms with Gasteiger partial charge in [-0.3, -0.25) is 4.90 Å². The third kappa shape index (κ3) is 3.46. The molecule has 0 aromatic carbocycles. The van der Waals surface area contributed by atoms with Crippen LogP contribution in [-0.4, -0.2) is 49.8 Å². The Labute approximate surface area is 112 Å². The number of nitrogens with one attached hydrogen (secondary N) is 1. The number of hydrogen-bond donors (Lipinski definition) is 1. The largest absolute Gasteiger partial charge is 0.383 e. The highest BCUT2D eigenvalue weighted by atomic mass is 16.5. The quantitative estimate of drug-likeness (QED) is 0.786. The number of hydrogen-bond acceptors (Lipinski definition) is 3. The van der Waals surface area contributed by atoms with Crippen molar-refractivity contribution in [2.75, 3.05) is 33.4 Å². The van der Waals surface area contributed by atoms with Crippen LogP contribution in [0.3, 0.4) is 0 Å². The molecule has 0 aromatic heterocycles. The molecule has 0 aromatic rings. The zero-order chi connectivity index (χ0) is 13.2. The summed E-state index contributed by atoms with van der Waals surface area (Å²) in [5.41, 5.74) is 0.348. The summed E-state index contributed by atoms with van der Waals surface area (Å²) in [6.45, 7) is 11.3. The molecule has 1 saturated heterocycles. The summed E-state index contributed by atoms with van der Waals surface area (Å²) < 4.78 is 5.28. The first-order valence-corrected chi connectivity index (χ1v) is 7.53. The van der Waals surface area contributed by atoms with Gasteiger partial charge in [0.1, 0.15) is 0 Å². The molecule has 0 spiro atoms. The normalized spacial score (nSPS) is 34.2. The van der Waals surface area contributed by atoms with Crippen molar-refractivity contribution >= 4 is 0 Å². The van der Waals surface area contributed by atoms with Crippen molar-refractivity contribution in [3.63, 3.8) is 0 Å². The molecule has 1 aliphatic carbocycles. The predicted octanol–water partition coefficient (Wildman–Crippen LogP) is 2.12. The van der Waals surface area contributed by atoms with Gasteiger partial charge in [-0.15, -0.1) is 0 Å². The Morgan fingerprint density at radius 3 is 2.67 bits per heavy atom. The fourth-order valence-electron chi connectivity index (χ4n) is 3.33. The Balaban J connectivity index is 1.95.